The smallest absolute Gasteiger partial charge is 0.338 e. The fraction of sp³-hybridized carbons (Fsp3) is 0.794. The second-order valence-corrected chi connectivity index (χ2v) is 14.2. The largest absolute Gasteiger partial charge is 0.458 e. The van der Waals surface area contributed by atoms with Gasteiger partial charge in [0.1, 0.15) is 6.10 Å². The van der Waals surface area contributed by atoms with E-state index in [1.54, 1.807) is 0 Å². The molecule has 4 aliphatic carbocycles. The Bertz CT molecular complexity index is 892. The number of hydrogen-bond acceptors (Lipinski definition) is 2. The topological polar surface area (TPSA) is 26.3 Å². The molecule has 5 rings (SSSR count). The Morgan fingerprint density at radius 2 is 1.69 bits per heavy atom. The summed E-state index contributed by atoms with van der Waals surface area (Å²) in [5.74, 6) is 5.62. The number of fused-ring (bicyclic) bond motifs is 5. The Labute approximate surface area is 221 Å². The predicted molar refractivity (Wildman–Crippen MR) is 149 cm³/mol. The molecule has 0 heterocycles. The quantitative estimate of drug-likeness (QED) is 0.354. The second kappa shape index (κ2) is 10.5. The van der Waals surface area contributed by atoms with E-state index in [1.807, 2.05) is 30.3 Å². The molecule has 2 unspecified atom stereocenters. The van der Waals surface area contributed by atoms with Crippen molar-refractivity contribution in [1.29, 1.82) is 0 Å². The van der Waals surface area contributed by atoms with E-state index in [0.717, 1.165) is 47.8 Å². The first-order chi connectivity index (χ1) is 17.2. The van der Waals surface area contributed by atoms with Crippen LogP contribution in [0.25, 0.3) is 0 Å². The van der Waals surface area contributed by atoms with Gasteiger partial charge in [-0.25, -0.2) is 4.79 Å². The van der Waals surface area contributed by atoms with Gasteiger partial charge in [-0.1, -0.05) is 72.1 Å². The van der Waals surface area contributed by atoms with Crippen molar-refractivity contribution < 1.29 is 9.53 Å². The molecule has 0 aliphatic heterocycles. The predicted octanol–water partition coefficient (Wildman–Crippen LogP) is 9.33. The highest BCUT2D eigenvalue weighted by atomic mass is 16.5. The highest BCUT2D eigenvalue weighted by Gasteiger charge is 2.62. The molecule has 0 aromatic heterocycles. The lowest BCUT2D eigenvalue weighted by atomic mass is 9.44. The minimum Gasteiger partial charge on any atom is -0.458 e. The summed E-state index contributed by atoms with van der Waals surface area (Å²) in [5, 5.41) is 0. The van der Waals surface area contributed by atoms with E-state index in [9.17, 15) is 4.79 Å². The SMILES string of the molecule is CC(C)CCC[C@@H](C)[C@H]1CC[C@H]2[C@@H]3CCC4CCCC(OC(=O)c5ccccc5)[C@]4(C)[C@H]3CC[C@]12C. The van der Waals surface area contributed by atoms with E-state index >= 15 is 0 Å². The standard InChI is InChI=1S/C34H52O2/c1-23(2)11-9-12-24(3)28-19-20-29-27-18-17-26-15-10-16-31(36-32(35)25-13-7-6-8-14-25)34(26,5)30(27)21-22-33(28,29)4/h6-8,13-14,23-24,26-31H,9-12,15-22H2,1-5H3/t24-,26?,27+,28-,29+,30+,31?,33-,34+/m1/s1. The lowest BCUT2D eigenvalue weighted by Gasteiger charge is -2.62. The molecule has 2 heteroatoms. The zero-order valence-corrected chi connectivity index (χ0v) is 23.8. The first-order valence-corrected chi connectivity index (χ1v) is 15.5. The van der Waals surface area contributed by atoms with Crippen molar-refractivity contribution in [1.82, 2.24) is 0 Å². The van der Waals surface area contributed by atoms with Gasteiger partial charge in [0, 0.05) is 5.41 Å². The number of hydrogen-bond donors (Lipinski definition) is 0. The van der Waals surface area contributed by atoms with Crippen LogP contribution in [0.4, 0.5) is 0 Å². The Balaban J connectivity index is 1.33. The van der Waals surface area contributed by atoms with Crippen LogP contribution >= 0.6 is 0 Å². The normalized spacial score (nSPS) is 40.7. The van der Waals surface area contributed by atoms with E-state index in [4.69, 9.17) is 4.74 Å². The maximum Gasteiger partial charge on any atom is 0.338 e. The Morgan fingerprint density at radius 3 is 2.44 bits per heavy atom. The molecule has 1 aromatic carbocycles. The van der Waals surface area contributed by atoms with Crippen molar-refractivity contribution in [2.45, 2.75) is 118 Å². The summed E-state index contributed by atoms with van der Waals surface area (Å²) < 4.78 is 6.42. The maximum absolute atomic E-state index is 13.1. The lowest BCUT2D eigenvalue weighted by molar-refractivity contribution is -0.166. The van der Waals surface area contributed by atoms with Crippen LogP contribution in [0.2, 0.25) is 0 Å². The molecule has 0 amide bonds. The van der Waals surface area contributed by atoms with E-state index in [-0.39, 0.29) is 17.5 Å². The monoisotopic (exact) mass is 492 g/mol. The molecule has 4 aliphatic rings. The molecule has 0 spiro atoms. The number of benzene rings is 1. The Morgan fingerprint density at radius 1 is 0.917 bits per heavy atom. The molecule has 0 radical (unpaired) electrons. The molecule has 36 heavy (non-hydrogen) atoms. The van der Waals surface area contributed by atoms with Crippen LogP contribution < -0.4 is 0 Å². The number of esters is 1. The molecule has 0 N–H and O–H groups in total. The minimum atomic E-state index is -0.110. The number of carbonyl (C=O) groups excluding carboxylic acids is 1. The number of ether oxygens (including phenoxy) is 1. The third-order valence-corrected chi connectivity index (χ3v) is 12.1. The second-order valence-electron chi connectivity index (χ2n) is 14.2. The number of carbonyl (C=O) groups is 1. The molecular formula is C34H52O2. The van der Waals surface area contributed by atoms with Crippen molar-refractivity contribution in [2.75, 3.05) is 0 Å². The molecular weight excluding hydrogens is 440 g/mol. The van der Waals surface area contributed by atoms with Crippen molar-refractivity contribution >= 4 is 5.97 Å². The average molecular weight is 493 g/mol. The van der Waals surface area contributed by atoms with E-state index in [0.29, 0.717) is 11.0 Å². The minimum absolute atomic E-state index is 0.0771. The summed E-state index contributed by atoms with van der Waals surface area (Å²) in [7, 11) is 0. The maximum atomic E-state index is 13.1. The summed E-state index contributed by atoms with van der Waals surface area (Å²) in [6.45, 7) is 12.5. The fourth-order valence-corrected chi connectivity index (χ4v) is 10.3. The molecule has 0 bridgehead atoms. The van der Waals surface area contributed by atoms with Gasteiger partial charge in [-0.2, -0.15) is 0 Å². The molecule has 0 saturated heterocycles. The third-order valence-electron chi connectivity index (χ3n) is 12.1. The van der Waals surface area contributed by atoms with Gasteiger partial charge in [-0.05, 0) is 117 Å². The van der Waals surface area contributed by atoms with E-state index in [2.05, 4.69) is 34.6 Å². The third kappa shape index (κ3) is 4.58. The van der Waals surface area contributed by atoms with Crippen molar-refractivity contribution in [3.05, 3.63) is 35.9 Å². The summed E-state index contributed by atoms with van der Waals surface area (Å²) in [6.07, 6.45) is 16.2. The van der Waals surface area contributed by atoms with E-state index in [1.165, 1.54) is 70.6 Å². The first kappa shape index (κ1) is 26.3. The molecule has 9 atom stereocenters. The summed E-state index contributed by atoms with van der Waals surface area (Å²) in [4.78, 5) is 13.1. The van der Waals surface area contributed by atoms with Gasteiger partial charge in [-0.3, -0.25) is 0 Å². The fourth-order valence-electron chi connectivity index (χ4n) is 10.3. The number of rotatable bonds is 7. The van der Waals surface area contributed by atoms with Crippen molar-refractivity contribution in [3.8, 4) is 0 Å². The lowest BCUT2D eigenvalue weighted by Crippen LogP contribution is -2.58. The summed E-state index contributed by atoms with van der Waals surface area (Å²) >= 11 is 0. The van der Waals surface area contributed by atoms with Gasteiger partial charge in [0.05, 0.1) is 5.56 Å². The summed E-state index contributed by atoms with van der Waals surface area (Å²) in [5.41, 5.74) is 1.37. The Hall–Kier alpha value is -1.31. The van der Waals surface area contributed by atoms with Gasteiger partial charge in [0.2, 0.25) is 0 Å². The molecule has 4 fully saturated rings. The van der Waals surface area contributed by atoms with Crippen molar-refractivity contribution in [3.63, 3.8) is 0 Å². The van der Waals surface area contributed by atoms with Crippen LogP contribution in [0.15, 0.2) is 30.3 Å². The highest BCUT2D eigenvalue weighted by molar-refractivity contribution is 5.89. The molecule has 4 saturated carbocycles. The van der Waals surface area contributed by atoms with Crippen LogP contribution in [0.3, 0.4) is 0 Å². The zero-order valence-electron chi connectivity index (χ0n) is 23.8. The van der Waals surface area contributed by atoms with Gasteiger partial charge < -0.3 is 4.74 Å². The molecule has 2 nitrogen and oxygen atoms in total. The molecule has 200 valence electrons. The average Bonchev–Trinajstić information content (AvgIpc) is 3.22. The highest BCUT2D eigenvalue weighted by Crippen LogP contribution is 2.68. The zero-order chi connectivity index (χ0) is 25.5. The van der Waals surface area contributed by atoms with Gasteiger partial charge in [-0.15, -0.1) is 0 Å². The van der Waals surface area contributed by atoms with Crippen LogP contribution in [-0.4, -0.2) is 12.1 Å². The van der Waals surface area contributed by atoms with Crippen molar-refractivity contribution in [2.24, 2.45) is 52.3 Å². The van der Waals surface area contributed by atoms with Crippen LogP contribution in [0, 0.1) is 52.3 Å². The van der Waals surface area contributed by atoms with Crippen LogP contribution in [0.5, 0.6) is 0 Å². The van der Waals surface area contributed by atoms with Gasteiger partial charge in [0.15, 0.2) is 0 Å². The first-order valence-electron chi connectivity index (χ1n) is 15.5. The van der Waals surface area contributed by atoms with E-state index < -0.39 is 0 Å². The van der Waals surface area contributed by atoms with Crippen LogP contribution in [-0.2, 0) is 4.74 Å². The Kier molecular flexibility index (Phi) is 7.64. The molecule has 1 aromatic rings. The summed E-state index contributed by atoms with van der Waals surface area (Å²) in [6, 6.07) is 9.67. The van der Waals surface area contributed by atoms with Gasteiger partial charge in [0.25, 0.3) is 0 Å². The van der Waals surface area contributed by atoms with Gasteiger partial charge >= 0.3 is 5.97 Å². The van der Waals surface area contributed by atoms with Crippen LogP contribution in [0.1, 0.15) is 122 Å².